The number of nitrogens with one attached hydrogen (secondary N) is 2. The Morgan fingerprint density at radius 3 is 2.71 bits per heavy atom. The van der Waals surface area contributed by atoms with E-state index < -0.39 is 5.41 Å². The third-order valence-corrected chi connectivity index (χ3v) is 3.83. The van der Waals surface area contributed by atoms with Crippen molar-refractivity contribution in [2.24, 2.45) is 0 Å². The van der Waals surface area contributed by atoms with Gasteiger partial charge in [0.1, 0.15) is 0 Å². The summed E-state index contributed by atoms with van der Waals surface area (Å²) < 4.78 is 4.84. The van der Waals surface area contributed by atoms with Crippen LogP contribution in [0.3, 0.4) is 0 Å². The lowest BCUT2D eigenvalue weighted by Crippen LogP contribution is -2.42. The van der Waals surface area contributed by atoms with Crippen LogP contribution in [0.5, 0.6) is 0 Å². The Balaban J connectivity index is 1.87. The van der Waals surface area contributed by atoms with Crippen molar-refractivity contribution in [3.8, 4) is 0 Å². The van der Waals surface area contributed by atoms with Crippen LogP contribution in [0.1, 0.15) is 18.4 Å². The van der Waals surface area contributed by atoms with Crippen LogP contribution in [0, 0.1) is 0 Å². The van der Waals surface area contributed by atoms with Gasteiger partial charge in [0.15, 0.2) is 0 Å². The standard InChI is InChI=1S/C15H19ClN2O3/c1-21-8-7-17-13(19)10-18-14(20)15(5-6-15)11-3-2-4-12(16)9-11/h2-4,9H,5-8,10H2,1H3,(H,17,19)(H,18,20). The number of hydrogen-bond acceptors (Lipinski definition) is 3. The smallest absolute Gasteiger partial charge is 0.239 e. The third kappa shape index (κ3) is 3.95. The summed E-state index contributed by atoms with van der Waals surface area (Å²) in [6.45, 7) is 0.863. The first-order chi connectivity index (χ1) is 10.1. The highest BCUT2D eigenvalue weighted by Crippen LogP contribution is 2.48. The van der Waals surface area contributed by atoms with Crippen LogP contribution in [0.2, 0.25) is 5.02 Å². The molecule has 1 saturated carbocycles. The van der Waals surface area contributed by atoms with Crippen molar-refractivity contribution in [2.75, 3.05) is 26.8 Å². The number of halogens is 1. The number of rotatable bonds is 7. The molecule has 1 aromatic rings. The minimum absolute atomic E-state index is 0.0230. The van der Waals surface area contributed by atoms with E-state index in [9.17, 15) is 9.59 Å². The monoisotopic (exact) mass is 310 g/mol. The van der Waals surface area contributed by atoms with Crippen LogP contribution in [0.25, 0.3) is 0 Å². The molecular formula is C15H19ClN2O3. The summed E-state index contributed by atoms with van der Waals surface area (Å²) in [6, 6.07) is 7.33. The lowest BCUT2D eigenvalue weighted by Gasteiger charge is -2.16. The van der Waals surface area contributed by atoms with Crippen molar-refractivity contribution in [3.63, 3.8) is 0 Å². The largest absolute Gasteiger partial charge is 0.383 e. The summed E-state index contributed by atoms with van der Waals surface area (Å²) in [5.74, 6) is -0.339. The minimum Gasteiger partial charge on any atom is -0.383 e. The van der Waals surface area contributed by atoms with Gasteiger partial charge in [-0.05, 0) is 30.5 Å². The first-order valence-electron chi connectivity index (χ1n) is 6.88. The van der Waals surface area contributed by atoms with Crippen molar-refractivity contribution in [1.82, 2.24) is 10.6 Å². The maximum atomic E-state index is 12.3. The molecule has 5 nitrogen and oxygen atoms in total. The average molecular weight is 311 g/mol. The second kappa shape index (κ2) is 6.91. The van der Waals surface area contributed by atoms with Crippen LogP contribution in [0.15, 0.2) is 24.3 Å². The maximum absolute atomic E-state index is 12.3. The van der Waals surface area contributed by atoms with Crippen LogP contribution in [0.4, 0.5) is 0 Å². The molecule has 1 aromatic carbocycles. The van der Waals surface area contributed by atoms with Crippen LogP contribution < -0.4 is 10.6 Å². The number of hydrogen-bond donors (Lipinski definition) is 2. The highest BCUT2D eigenvalue weighted by Gasteiger charge is 2.51. The van der Waals surface area contributed by atoms with Crippen molar-refractivity contribution < 1.29 is 14.3 Å². The second-order valence-corrected chi connectivity index (χ2v) is 5.55. The van der Waals surface area contributed by atoms with E-state index in [1.54, 1.807) is 13.2 Å². The molecule has 0 bridgehead atoms. The lowest BCUT2D eigenvalue weighted by atomic mass is 9.95. The molecule has 0 spiro atoms. The zero-order valence-corrected chi connectivity index (χ0v) is 12.7. The first-order valence-corrected chi connectivity index (χ1v) is 7.26. The van der Waals surface area contributed by atoms with Gasteiger partial charge in [0.2, 0.25) is 11.8 Å². The van der Waals surface area contributed by atoms with Crippen LogP contribution in [-0.2, 0) is 19.7 Å². The fourth-order valence-corrected chi connectivity index (χ4v) is 2.43. The van der Waals surface area contributed by atoms with E-state index in [1.807, 2.05) is 18.2 Å². The third-order valence-electron chi connectivity index (χ3n) is 3.60. The molecule has 0 heterocycles. The molecule has 2 N–H and O–H groups in total. The van der Waals surface area contributed by atoms with E-state index in [1.165, 1.54) is 0 Å². The van der Waals surface area contributed by atoms with E-state index in [0.29, 0.717) is 18.2 Å². The average Bonchev–Trinajstić information content (AvgIpc) is 3.27. The Kier molecular flexibility index (Phi) is 5.20. The molecule has 2 rings (SSSR count). The summed E-state index contributed by atoms with van der Waals surface area (Å²) in [5.41, 5.74) is 0.393. The number of methoxy groups -OCH3 is 1. The Bertz CT molecular complexity index is 529. The van der Waals surface area contributed by atoms with Gasteiger partial charge >= 0.3 is 0 Å². The van der Waals surface area contributed by atoms with E-state index >= 15 is 0 Å². The second-order valence-electron chi connectivity index (χ2n) is 5.12. The summed E-state index contributed by atoms with van der Waals surface area (Å²) in [6.07, 6.45) is 1.56. The molecule has 1 aliphatic carbocycles. The molecule has 6 heteroatoms. The van der Waals surface area contributed by atoms with E-state index in [-0.39, 0.29) is 18.4 Å². The lowest BCUT2D eigenvalue weighted by molar-refractivity contribution is -0.127. The zero-order chi connectivity index (χ0) is 15.3. The molecular weight excluding hydrogens is 292 g/mol. The van der Waals surface area contributed by atoms with Crippen LogP contribution >= 0.6 is 11.6 Å². The topological polar surface area (TPSA) is 67.4 Å². The molecule has 0 atom stereocenters. The Morgan fingerprint density at radius 2 is 2.10 bits per heavy atom. The summed E-state index contributed by atoms with van der Waals surface area (Å²) in [5, 5.41) is 5.97. The quantitative estimate of drug-likeness (QED) is 0.745. The summed E-state index contributed by atoms with van der Waals surface area (Å²) in [7, 11) is 1.57. The number of carbonyl (C=O) groups is 2. The maximum Gasteiger partial charge on any atom is 0.239 e. The molecule has 0 unspecified atom stereocenters. The van der Waals surface area contributed by atoms with E-state index in [0.717, 1.165) is 18.4 Å². The van der Waals surface area contributed by atoms with Crippen LogP contribution in [-0.4, -0.2) is 38.6 Å². The molecule has 0 saturated heterocycles. The molecule has 0 radical (unpaired) electrons. The predicted octanol–water partition coefficient (Wildman–Crippen LogP) is 1.25. The molecule has 114 valence electrons. The van der Waals surface area contributed by atoms with Gasteiger partial charge in [-0.15, -0.1) is 0 Å². The summed E-state index contributed by atoms with van der Waals surface area (Å²) >= 11 is 5.97. The number of amides is 2. The Hall–Kier alpha value is -1.59. The SMILES string of the molecule is COCCNC(=O)CNC(=O)C1(c2cccc(Cl)c2)CC1. The van der Waals surface area contributed by atoms with Gasteiger partial charge in [-0.1, -0.05) is 23.7 Å². The molecule has 2 amide bonds. The van der Waals surface area contributed by atoms with Gasteiger partial charge < -0.3 is 15.4 Å². The summed E-state index contributed by atoms with van der Waals surface area (Å²) in [4.78, 5) is 23.9. The van der Waals surface area contributed by atoms with Gasteiger partial charge in [0, 0.05) is 18.7 Å². The number of carbonyl (C=O) groups excluding carboxylic acids is 2. The van der Waals surface area contributed by atoms with Gasteiger partial charge in [-0.25, -0.2) is 0 Å². The normalized spacial score (nSPS) is 15.3. The molecule has 0 aliphatic heterocycles. The van der Waals surface area contributed by atoms with Gasteiger partial charge in [-0.2, -0.15) is 0 Å². The minimum atomic E-state index is -0.516. The van der Waals surface area contributed by atoms with Gasteiger partial charge in [-0.3, -0.25) is 9.59 Å². The molecule has 0 aromatic heterocycles. The Labute approximate surface area is 129 Å². The van der Waals surface area contributed by atoms with Crippen molar-refractivity contribution >= 4 is 23.4 Å². The number of ether oxygens (including phenoxy) is 1. The van der Waals surface area contributed by atoms with Crippen molar-refractivity contribution in [1.29, 1.82) is 0 Å². The molecule has 1 fully saturated rings. The number of benzene rings is 1. The molecule has 1 aliphatic rings. The predicted molar refractivity (Wildman–Crippen MR) is 80.3 cm³/mol. The zero-order valence-electron chi connectivity index (χ0n) is 11.9. The molecule has 21 heavy (non-hydrogen) atoms. The highest BCUT2D eigenvalue weighted by molar-refractivity contribution is 6.30. The van der Waals surface area contributed by atoms with Crippen molar-refractivity contribution in [2.45, 2.75) is 18.3 Å². The van der Waals surface area contributed by atoms with E-state index in [2.05, 4.69) is 10.6 Å². The fourth-order valence-electron chi connectivity index (χ4n) is 2.24. The van der Waals surface area contributed by atoms with E-state index in [4.69, 9.17) is 16.3 Å². The van der Waals surface area contributed by atoms with Crippen molar-refractivity contribution in [3.05, 3.63) is 34.9 Å². The Morgan fingerprint density at radius 1 is 1.33 bits per heavy atom. The first kappa shape index (κ1) is 15.8. The van der Waals surface area contributed by atoms with Gasteiger partial charge in [0.25, 0.3) is 0 Å². The highest BCUT2D eigenvalue weighted by atomic mass is 35.5. The van der Waals surface area contributed by atoms with Gasteiger partial charge in [0.05, 0.1) is 18.6 Å². The fraction of sp³-hybridized carbons (Fsp3) is 0.467.